The van der Waals surface area contributed by atoms with Crippen LogP contribution in [0.15, 0.2) is 0 Å². The molecule has 180 valence electrons. The van der Waals surface area contributed by atoms with Crippen LogP contribution in [0.2, 0.25) is 0 Å². The number of hydrogen-bond donors (Lipinski definition) is 7. The van der Waals surface area contributed by atoms with Crippen molar-refractivity contribution < 1.29 is 66.5 Å². The van der Waals surface area contributed by atoms with E-state index in [1.807, 2.05) is 0 Å². The second kappa shape index (κ2) is 9.99. The maximum atomic E-state index is 11.6. The van der Waals surface area contributed by atoms with E-state index in [-0.39, 0.29) is 0 Å². The minimum atomic E-state index is -5.14. The van der Waals surface area contributed by atoms with E-state index in [2.05, 4.69) is 9.50 Å². The summed E-state index contributed by atoms with van der Waals surface area (Å²) in [6, 6.07) is -1.20. The van der Waals surface area contributed by atoms with Gasteiger partial charge in [-0.3, -0.25) is 9.35 Å². The number of amides is 1. The first-order valence-electron chi connectivity index (χ1n) is 9.03. The molecular weight excluding hydrogens is 450 g/mol. The summed E-state index contributed by atoms with van der Waals surface area (Å²) in [5.41, 5.74) is 0. The Labute approximate surface area is 176 Å². The molecule has 10 atom stereocenters. The summed E-state index contributed by atoms with van der Waals surface area (Å²) in [7, 11) is -5.14. The number of aliphatic hydroxyl groups is 4. The molecule has 0 unspecified atom stereocenters. The highest BCUT2D eigenvalue weighted by Crippen LogP contribution is 2.31. The van der Waals surface area contributed by atoms with E-state index in [4.69, 9.17) is 23.9 Å². The molecule has 31 heavy (non-hydrogen) atoms. The Hall–Kier alpha value is -1.47. The lowest BCUT2D eigenvalue weighted by atomic mass is 9.92. The topological polar surface area (TPSA) is 239 Å². The Balaban J connectivity index is 2.42. The van der Waals surface area contributed by atoms with Gasteiger partial charge in [-0.1, -0.05) is 0 Å². The fourth-order valence-electron chi connectivity index (χ4n) is 3.44. The highest BCUT2D eigenvalue weighted by atomic mass is 32.3. The molecule has 2 aliphatic rings. The molecule has 1 amide bonds. The average Bonchev–Trinajstić information content (AvgIpc) is 2.64. The summed E-state index contributed by atoms with van der Waals surface area (Å²) >= 11 is 0. The smallest absolute Gasteiger partial charge is 0.397 e. The van der Waals surface area contributed by atoms with E-state index in [1.54, 1.807) is 0 Å². The van der Waals surface area contributed by atoms with Crippen molar-refractivity contribution in [1.82, 2.24) is 5.32 Å². The molecule has 15 nitrogen and oxygen atoms in total. The molecular formula is C15H25NO14S. The van der Waals surface area contributed by atoms with E-state index in [0.717, 1.165) is 6.92 Å². The maximum absolute atomic E-state index is 11.6. The highest BCUT2D eigenvalue weighted by molar-refractivity contribution is 7.80. The van der Waals surface area contributed by atoms with Crippen LogP contribution in [0.3, 0.4) is 0 Å². The van der Waals surface area contributed by atoms with Crippen LogP contribution in [0.5, 0.6) is 0 Å². The molecule has 0 radical (unpaired) electrons. The lowest BCUT2D eigenvalue weighted by Crippen LogP contribution is -2.68. The van der Waals surface area contributed by atoms with Crippen molar-refractivity contribution in [1.29, 1.82) is 0 Å². The number of nitrogens with one attached hydrogen (secondary N) is 1. The minimum absolute atomic E-state index is 0.619. The third kappa shape index (κ3) is 6.07. The van der Waals surface area contributed by atoms with Crippen LogP contribution in [-0.2, 0) is 38.4 Å². The van der Waals surface area contributed by atoms with E-state index in [1.165, 1.54) is 6.92 Å². The second-order valence-corrected chi connectivity index (χ2v) is 8.16. The van der Waals surface area contributed by atoms with Crippen molar-refractivity contribution in [3.05, 3.63) is 0 Å². The minimum Gasteiger partial charge on any atom is -0.479 e. The summed E-state index contributed by atoms with van der Waals surface area (Å²) in [5, 5.41) is 51.0. The standard InChI is InChI=1S/C15H25NO14S/c1-4-7(16-5(2)18)12(11(6(3-17)27-4)30-31(24,25)26)28-15-10(21)8(19)9(20)13(29-15)14(22)23/h4,6-13,15,17,19-21H,3H2,1-2H3,(H,16,18)(H,22,23)(H,24,25,26)/t4-,6+,7-,8-,9-,10+,11+,12+,13-,15+/m0/s1. The van der Waals surface area contributed by atoms with E-state index >= 15 is 0 Å². The Kier molecular flexibility index (Phi) is 8.31. The van der Waals surface area contributed by atoms with Crippen molar-refractivity contribution in [3.63, 3.8) is 0 Å². The molecule has 0 aromatic rings. The number of aliphatic carboxylic acids is 1. The van der Waals surface area contributed by atoms with Gasteiger partial charge >= 0.3 is 16.4 Å². The lowest BCUT2D eigenvalue weighted by molar-refractivity contribution is -0.323. The molecule has 16 heteroatoms. The van der Waals surface area contributed by atoms with Gasteiger partial charge in [-0.2, -0.15) is 8.42 Å². The third-order valence-corrected chi connectivity index (χ3v) is 5.29. The van der Waals surface area contributed by atoms with Gasteiger partial charge in [-0.25, -0.2) is 8.98 Å². The van der Waals surface area contributed by atoms with Gasteiger partial charge in [0.25, 0.3) is 0 Å². The van der Waals surface area contributed by atoms with Crippen LogP contribution in [0.1, 0.15) is 13.8 Å². The van der Waals surface area contributed by atoms with Gasteiger partial charge in [-0.15, -0.1) is 0 Å². The van der Waals surface area contributed by atoms with Crippen molar-refractivity contribution in [2.24, 2.45) is 0 Å². The summed E-state index contributed by atoms with van der Waals surface area (Å²) in [4.78, 5) is 22.9. The fourth-order valence-corrected chi connectivity index (χ4v) is 3.95. The van der Waals surface area contributed by atoms with Gasteiger partial charge in [0.05, 0.1) is 18.8 Å². The Morgan fingerprint density at radius 3 is 2.16 bits per heavy atom. The van der Waals surface area contributed by atoms with Crippen LogP contribution in [-0.4, -0.2) is 118 Å². The fraction of sp³-hybridized carbons (Fsp3) is 0.867. The van der Waals surface area contributed by atoms with Gasteiger partial charge in [-0.05, 0) is 6.92 Å². The van der Waals surface area contributed by atoms with Crippen LogP contribution in [0, 0.1) is 0 Å². The molecule has 0 bridgehead atoms. The molecule has 0 aliphatic carbocycles. The van der Waals surface area contributed by atoms with Crippen LogP contribution in [0.4, 0.5) is 0 Å². The van der Waals surface area contributed by atoms with Crippen LogP contribution < -0.4 is 5.32 Å². The Bertz CT molecular complexity index is 761. The number of carboxylic acid groups (broad SMARTS) is 1. The van der Waals surface area contributed by atoms with Crippen molar-refractivity contribution in [2.45, 2.75) is 75.0 Å². The quantitative estimate of drug-likeness (QED) is 0.173. The van der Waals surface area contributed by atoms with Crippen LogP contribution >= 0.6 is 0 Å². The Morgan fingerprint density at radius 1 is 1.06 bits per heavy atom. The third-order valence-electron chi connectivity index (χ3n) is 4.83. The second-order valence-electron chi connectivity index (χ2n) is 7.11. The van der Waals surface area contributed by atoms with Gasteiger partial charge in [0.15, 0.2) is 12.4 Å². The number of rotatable bonds is 7. The zero-order valence-electron chi connectivity index (χ0n) is 16.3. The number of ether oxygens (including phenoxy) is 3. The summed E-state index contributed by atoms with van der Waals surface area (Å²) in [6.45, 7) is 1.73. The first-order chi connectivity index (χ1) is 14.3. The van der Waals surface area contributed by atoms with Crippen molar-refractivity contribution in [2.75, 3.05) is 6.61 Å². The zero-order valence-corrected chi connectivity index (χ0v) is 17.2. The van der Waals surface area contributed by atoms with Gasteiger partial charge in [0, 0.05) is 6.92 Å². The normalized spacial score (nSPS) is 41.5. The summed E-state index contributed by atoms with van der Waals surface area (Å²) in [6.07, 6.45) is -15.7. The summed E-state index contributed by atoms with van der Waals surface area (Å²) < 4.78 is 52.3. The van der Waals surface area contributed by atoms with E-state index < -0.39 is 90.0 Å². The predicted octanol–water partition coefficient (Wildman–Crippen LogP) is -4.26. The molecule has 2 heterocycles. The predicted molar refractivity (Wildman–Crippen MR) is 94.6 cm³/mol. The van der Waals surface area contributed by atoms with Crippen molar-refractivity contribution >= 4 is 22.3 Å². The molecule has 2 aliphatic heterocycles. The van der Waals surface area contributed by atoms with Crippen molar-refractivity contribution in [3.8, 4) is 0 Å². The van der Waals surface area contributed by atoms with Gasteiger partial charge in [0.2, 0.25) is 5.91 Å². The zero-order chi connectivity index (χ0) is 23.7. The molecule has 0 saturated carbocycles. The number of aliphatic hydroxyl groups excluding tert-OH is 4. The Morgan fingerprint density at radius 2 is 1.68 bits per heavy atom. The molecule has 2 saturated heterocycles. The molecule has 2 rings (SSSR count). The SMILES string of the molecule is CC(=O)N[C@@H]1[C@@H](O[C@@H]2O[C@H](C(=O)O)[C@@H](O)[C@H](O)[C@H]2O)[C@H](OS(=O)(=O)O)[C@@H](CO)O[C@H]1C. The molecule has 2 fully saturated rings. The van der Waals surface area contributed by atoms with Gasteiger partial charge < -0.3 is 45.1 Å². The number of carbonyl (C=O) groups is 2. The first-order valence-corrected chi connectivity index (χ1v) is 10.4. The highest BCUT2D eigenvalue weighted by Gasteiger charge is 2.53. The number of carbonyl (C=O) groups excluding carboxylic acids is 1. The van der Waals surface area contributed by atoms with Gasteiger partial charge in [0.1, 0.15) is 36.6 Å². The molecule has 0 aromatic heterocycles. The lowest BCUT2D eigenvalue weighted by Gasteiger charge is -2.47. The molecule has 0 spiro atoms. The summed E-state index contributed by atoms with van der Waals surface area (Å²) in [5.74, 6) is -2.31. The van der Waals surface area contributed by atoms with E-state index in [0.29, 0.717) is 0 Å². The first kappa shape index (κ1) is 25.8. The monoisotopic (exact) mass is 475 g/mol. The molecule has 0 aromatic carbocycles. The largest absolute Gasteiger partial charge is 0.479 e. The number of hydrogen-bond acceptors (Lipinski definition) is 12. The van der Waals surface area contributed by atoms with E-state index in [9.17, 15) is 38.4 Å². The van der Waals surface area contributed by atoms with Crippen LogP contribution in [0.25, 0.3) is 0 Å². The maximum Gasteiger partial charge on any atom is 0.397 e. The molecule has 7 N–H and O–H groups in total. The average molecular weight is 475 g/mol. The number of carboxylic acids is 1.